The summed E-state index contributed by atoms with van der Waals surface area (Å²) in [5.41, 5.74) is 4.85. The van der Waals surface area contributed by atoms with Crippen LogP contribution in [0.25, 0.3) is 22.4 Å². The Kier molecular flexibility index (Phi) is 10.1. The molecule has 0 spiro atoms. The van der Waals surface area contributed by atoms with Gasteiger partial charge >= 0.3 is 12.1 Å². The van der Waals surface area contributed by atoms with E-state index in [2.05, 4.69) is 40.9 Å². The molecule has 3 aromatic rings. The third-order valence-electron chi connectivity index (χ3n) is 5.74. The van der Waals surface area contributed by atoms with Crippen molar-refractivity contribution in [3.63, 3.8) is 0 Å². The van der Waals surface area contributed by atoms with Crippen LogP contribution in [0, 0.1) is 0 Å². The zero-order chi connectivity index (χ0) is 26.0. The van der Waals surface area contributed by atoms with Gasteiger partial charge in [0.1, 0.15) is 5.75 Å². The summed E-state index contributed by atoms with van der Waals surface area (Å²) in [6.45, 7) is 3.68. The Morgan fingerprint density at radius 2 is 1.50 bits per heavy atom. The number of carbonyl (C=O) groups is 1. The predicted molar refractivity (Wildman–Crippen MR) is 135 cm³/mol. The molecule has 0 radical (unpaired) electrons. The molecule has 1 heterocycles. The third-order valence-corrected chi connectivity index (χ3v) is 5.74. The molecule has 0 saturated carbocycles. The summed E-state index contributed by atoms with van der Waals surface area (Å²) in [5, 5.41) is 0. The zero-order valence-corrected chi connectivity index (χ0v) is 20.7. The molecule has 0 saturated heterocycles. The van der Waals surface area contributed by atoms with E-state index in [0.29, 0.717) is 6.42 Å². The number of nitrogens with zero attached hydrogens (tertiary/aromatic N) is 1. The monoisotopic (exact) mass is 499 g/mol. The van der Waals surface area contributed by atoms with E-state index in [1.165, 1.54) is 43.4 Å². The molecular weight excluding hydrogens is 467 g/mol. The smallest absolute Gasteiger partial charge is 0.424 e. The second-order valence-electron chi connectivity index (χ2n) is 8.68. The highest BCUT2D eigenvalue weighted by Crippen LogP contribution is 2.27. The Morgan fingerprint density at radius 3 is 2.08 bits per heavy atom. The van der Waals surface area contributed by atoms with Crippen LogP contribution in [-0.2, 0) is 16.0 Å². The maximum absolute atomic E-state index is 13.1. The van der Waals surface area contributed by atoms with E-state index in [0.717, 1.165) is 28.8 Å². The van der Waals surface area contributed by atoms with Gasteiger partial charge in [-0.25, -0.2) is 4.79 Å². The van der Waals surface area contributed by atoms with Crippen LogP contribution in [0.5, 0.6) is 5.75 Å². The van der Waals surface area contributed by atoms with Crippen LogP contribution >= 0.6 is 0 Å². The van der Waals surface area contributed by atoms with Gasteiger partial charge in [-0.15, -0.1) is 0 Å². The van der Waals surface area contributed by atoms with Crippen LogP contribution in [0.2, 0.25) is 0 Å². The van der Waals surface area contributed by atoms with Gasteiger partial charge < -0.3 is 9.47 Å². The predicted octanol–water partition coefficient (Wildman–Crippen LogP) is 7.80. The number of esters is 1. The molecule has 0 bridgehead atoms. The van der Waals surface area contributed by atoms with Crippen molar-refractivity contribution in [2.75, 3.05) is 6.61 Å². The molecule has 7 heteroatoms. The molecule has 0 N–H and O–H groups in total. The Labute approximate surface area is 210 Å². The topological polar surface area (TPSA) is 48.4 Å². The lowest BCUT2D eigenvalue weighted by atomic mass is 10.0. The number of ether oxygens (including phenoxy) is 2. The highest BCUT2D eigenvalue weighted by Gasteiger charge is 2.47. The fourth-order valence-corrected chi connectivity index (χ4v) is 3.75. The summed E-state index contributed by atoms with van der Waals surface area (Å²) in [4.78, 5) is 16.6. The van der Waals surface area contributed by atoms with Gasteiger partial charge in [0, 0.05) is 23.9 Å². The molecule has 2 aromatic carbocycles. The number of alkyl halides is 3. The Bertz CT molecular complexity index is 1080. The van der Waals surface area contributed by atoms with Gasteiger partial charge in [0.2, 0.25) is 0 Å². The first kappa shape index (κ1) is 27.4. The molecule has 1 atom stereocenters. The van der Waals surface area contributed by atoms with Crippen LogP contribution in [0.15, 0.2) is 66.9 Å². The standard InChI is InChI=1S/C29H32F3NO3/c1-3-5-6-7-8-21-9-11-23(12-10-21)26-18-15-24(20-33-26)22-13-16-25(17-14-22)36-28(34)27(29(30,31)32)35-19-4-2/h9-18,20,27H,3-8,19H2,1-2H3. The maximum atomic E-state index is 13.1. The molecule has 0 aliphatic heterocycles. The van der Waals surface area contributed by atoms with Gasteiger partial charge in [0.25, 0.3) is 6.10 Å². The van der Waals surface area contributed by atoms with E-state index in [4.69, 9.17) is 4.74 Å². The quantitative estimate of drug-likeness (QED) is 0.145. The first-order chi connectivity index (χ1) is 17.3. The number of aryl methyl sites for hydroxylation is 1. The maximum Gasteiger partial charge on any atom is 0.425 e. The SMILES string of the molecule is CCCCCCc1ccc(-c2ccc(-c3ccc(OC(=O)C(OCCC)C(F)(F)F)cc3)cn2)cc1. The fourth-order valence-electron chi connectivity index (χ4n) is 3.75. The second kappa shape index (κ2) is 13.2. The number of carbonyl (C=O) groups excluding carboxylic acids is 1. The molecule has 4 nitrogen and oxygen atoms in total. The Morgan fingerprint density at radius 1 is 0.833 bits per heavy atom. The summed E-state index contributed by atoms with van der Waals surface area (Å²) in [6.07, 6.45) is 0.696. The minimum atomic E-state index is -4.84. The van der Waals surface area contributed by atoms with Gasteiger partial charge in [0.05, 0.1) is 5.69 Å². The number of benzene rings is 2. The van der Waals surface area contributed by atoms with Crippen molar-refractivity contribution < 1.29 is 27.4 Å². The minimum absolute atomic E-state index is 0.0115. The van der Waals surface area contributed by atoms with Crippen molar-refractivity contribution in [3.05, 3.63) is 72.4 Å². The van der Waals surface area contributed by atoms with Crippen molar-refractivity contribution in [1.82, 2.24) is 4.98 Å². The molecule has 36 heavy (non-hydrogen) atoms. The van der Waals surface area contributed by atoms with Gasteiger partial charge in [0.15, 0.2) is 0 Å². The van der Waals surface area contributed by atoms with Gasteiger partial charge in [-0.3, -0.25) is 4.98 Å². The zero-order valence-electron chi connectivity index (χ0n) is 20.7. The number of pyridine rings is 1. The molecule has 1 unspecified atom stereocenters. The van der Waals surface area contributed by atoms with Gasteiger partial charge in [-0.2, -0.15) is 13.2 Å². The van der Waals surface area contributed by atoms with E-state index in [1.54, 1.807) is 25.3 Å². The Hall–Kier alpha value is -3.19. The molecule has 3 rings (SSSR count). The van der Waals surface area contributed by atoms with Crippen molar-refractivity contribution in [1.29, 1.82) is 0 Å². The number of rotatable bonds is 12. The van der Waals surface area contributed by atoms with E-state index in [9.17, 15) is 18.0 Å². The number of unbranched alkanes of at least 4 members (excludes halogenated alkanes) is 3. The van der Waals surface area contributed by atoms with E-state index in [1.807, 2.05) is 12.1 Å². The first-order valence-corrected chi connectivity index (χ1v) is 12.4. The normalized spacial score (nSPS) is 12.4. The summed E-state index contributed by atoms with van der Waals surface area (Å²) in [7, 11) is 0. The van der Waals surface area contributed by atoms with Crippen molar-refractivity contribution in [3.8, 4) is 28.1 Å². The fraction of sp³-hybridized carbons (Fsp3) is 0.379. The highest BCUT2D eigenvalue weighted by atomic mass is 19.4. The average molecular weight is 500 g/mol. The van der Waals surface area contributed by atoms with Crippen molar-refractivity contribution in [2.45, 2.75) is 64.7 Å². The van der Waals surface area contributed by atoms with Crippen LogP contribution in [0.4, 0.5) is 13.2 Å². The lowest BCUT2D eigenvalue weighted by Gasteiger charge is -2.19. The molecule has 0 aliphatic carbocycles. The lowest BCUT2D eigenvalue weighted by molar-refractivity contribution is -0.225. The summed E-state index contributed by atoms with van der Waals surface area (Å²) in [5.74, 6) is -1.47. The number of hydrogen-bond acceptors (Lipinski definition) is 4. The molecule has 192 valence electrons. The van der Waals surface area contributed by atoms with E-state index < -0.39 is 18.2 Å². The van der Waals surface area contributed by atoms with Crippen LogP contribution in [-0.4, -0.2) is 29.8 Å². The first-order valence-electron chi connectivity index (χ1n) is 12.4. The molecular formula is C29H32F3NO3. The molecule has 0 amide bonds. The highest BCUT2D eigenvalue weighted by molar-refractivity contribution is 5.78. The minimum Gasteiger partial charge on any atom is -0.424 e. The summed E-state index contributed by atoms with van der Waals surface area (Å²) in [6, 6.07) is 18.6. The van der Waals surface area contributed by atoms with E-state index >= 15 is 0 Å². The molecule has 1 aromatic heterocycles. The lowest BCUT2D eigenvalue weighted by Crippen LogP contribution is -2.41. The van der Waals surface area contributed by atoms with E-state index in [-0.39, 0.29) is 12.4 Å². The summed E-state index contributed by atoms with van der Waals surface area (Å²) < 4.78 is 48.9. The van der Waals surface area contributed by atoms with Crippen molar-refractivity contribution in [2.24, 2.45) is 0 Å². The average Bonchev–Trinajstić information content (AvgIpc) is 2.87. The van der Waals surface area contributed by atoms with Gasteiger partial charge in [-0.1, -0.05) is 75.6 Å². The van der Waals surface area contributed by atoms with Gasteiger partial charge in [-0.05, 0) is 48.6 Å². The second-order valence-corrected chi connectivity index (χ2v) is 8.68. The summed E-state index contributed by atoms with van der Waals surface area (Å²) >= 11 is 0. The van der Waals surface area contributed by atoms with Crippen LogP contribution in [0.1, 0.15) is 51.5 Å². The van der Waals surface area contributed by atoms with Crippen LogP contribution in [0.3, 0.4) is 0 Å². The molecule has 0 fully saturated rings. The number of aromatic nitrogens is 1. The van der Waals surface area contributed by atoms with Crippen LogP contribution < -0.4 is 4.74 Å². The number of hydrogen-bond donors (Lipinski definition) is 0. The third kappa shape index (κ3) is 7.92. The Balaban J connectivity index is 1.61. The molecule has 0 aliphatic rings. The largest absolute Gasteiger partial charge is 0.425 e. The number of halogens is 3. The van der Waals surface area contributed by atoms with Crippen molar-refractivity contribution >= 4 is 5.97 Å².